The average molecular weight is 313 g/mol. The molecule has 1 aliphatic rings. The molecule has 0 N–H and O–H groups in total. The molecule has 2 atom stereocenters. The Morgan fingerprint density at radius 3 is 2.70 bits per heavy atom. The normalized spacial score (nSPS) is 21.9. The number of benzene rings is 1. The zero-order valence-corrected chi connectivity index (χ0v) is 13.0. The van der Waals surface area contributed by atoms with Gasteiger partial charge in [-0.25, -0.2) is 0 Å². The summed E-state index contributed by atoms with van der Waals surface area (Å²) in [4.78, 5) is 12.0. The standard InChI is InChI=1S/C16H18Cl2O2/c1-11-4-2-3-5-13(11)9-20-10-16(19)12-6-7-14(17)15(18)8-12/h2-3,6-8,11,13H,4-5,9-10H2,1H3. The zero-order valence-electron chi connectivity index (χ0n) is 11.4. The summed E-state index contributed by atoms with van der Waals surface area (Å²) in [6.07, 6.45) is 6.52. The number of Topliss-reactive ketones (excluding diaryl/α,β-unsaturated/α-hetero) is 1. The maximum absolute atomic E-state index is 12.0. The van der Waals surface area contributed by atoms with E-state index < -0.39 is 0 Å². The second kappa shape index (κ2) is 7.26. The largest absolute Gasteiger partial charge is 0.373 e. The van der Waals surface area contributed by atoms with E-state index in [-0.39, 0.29) is 12.4 Å². The van der Waals surface area contributed by atoms with Crippen LogP contribution in [0.15, 0.2) is 30.4 Å². The van der Waals surface area contributed by atoms with E-state index in [0.29, 0.717) is 34.1 Å². The lowest BCUT2D eigenvalue weighted by molar-refractivity contribution is 0.0602. The first-order valence-corrected chi connectivity index (χ1v) is 7.54. The SMILES string of the molecule is CC1CC=CCC1COCC(=O)c1ccc(Cl)c(Cl)c1. The number of carbonyl (C=O) groups is 1. The van der Waals surface area contributed by atoms with Crippen LogP contribution in [0.25, 0.3) is 0 Å². The molecule has 1 aromatic rings. The van der Waals surface area contributed by atoms with Crippen LogP contribution in [0.3, 0.4) is 0 Å². The van der Waals surface area contributed by atoms with E-state index in [9.17, 15) is 4.79 Å². The van der Waals surface area contributed by atoms with Crippen molar-refractivity contribution in [2.45, 2.75) is 19.8 Å². The lowest BCUT2D eigenvalue weighted by atomic mass is 9.85. The number of ketones is 1. The molecule has 2 rings (SSSR count). The van der Waals surface area contributed by atoms with Crippen LogP contribution in [-0.2, 0) is 4.74 Å². The number of halogens is 2. The van der Waals surface area contributed by atoms with Crippen molar-refractivity contribution in [3.63, 3.8) is 0 Å². The molecule has 4 heteroatoms. The molecule has 0 bridgehead atoms. The molecule has 0 radical (unpaired) electrons. The molecule has 108 valence electrons. The molecular weight excluding hydrogens is 295 g/mol. The first kappa shape index (κ1) is 15.6. The summed E-state index contributed by atoms with van der Waals surface area (Å²) in [6.45, 7) is 2.93. The van der Waals surface area contributed by atoms with Crippen molar-refractivity contribution in [3.05, 3.63) is 46.0 Å². The summed E-state index contributed by atoms with van der Waals surface area (Å²) in [5, 5.41) is 0.843. The first-order chi connectivity index (χ1) is 9.58. The minimum atomic E-state index is -0.0671. The molecule has 1 aliphatic carbocycles. The molecular formula is C16H18Cl2O2. The highest BCUT2D eigenvalue weighted by Gasteiger charge is 2.19. The summed E-state index contributed by atoms with van der Waals surface area (Å²) >= 11 is 11.7. The Balaban J connectivity index is 1.83. The topological polar surface area (TPSA) is 26.3 Å². The van der Waals surface area contributed by atoms with Crippen LogP contribution < -0.4 is 0 Å². The van der Waals surface area contributed by atoms with E-state index >= 15 is 0 Å². The van der Waals surface area contributed by atoms with Crippen LogP contribution in [0.5, 0.6) is 0 Å². The van der Waals surface area contributed by atoms with Crippen molar-refractivity contribution in [1.82, 2.24) is 0 Å². The van der Waals surface area contributed by atoms with E-state index in [0.717, 1.165) is 12.8 Å². The van der Waals surface area contributed by atoms with Gasteiger partial charge in [0, 0.05) is 5.56 Å². The van der Waals surface area contributed by atoms with E-state index in [2.05, 4.69) is 19.1 Å². The minimum absolute atomic E-state index is 0.0671. The van der Waals surface area contributed by atoms with Crippen LogP contribution in [0.1, 0.15) is 30.1 Å². The fourth-order valence-corrected chi connectivity index (χ4v) is 2.59. The lowest BCUT2D eigenvalue weighted by Gasteiger charge is -2.24. The molecule has 0 aromatic heterocycles. The number of carbonyl (C=O) groups excluding carboxylic acids is 1. The number of hydrogen-bond acceptors (Lipinski definition) is 2. The predicted octanol–water partition coefficient (Wildman–Crippen LogP) is 4.80. The van der Waals surface area contributed by atoms with Crippen LogP contribution in [-0.4, -0.2) is 19.0 Å². The monoisotopic (exact) mass is 312 g/mol. The van der Waals surface area contributed by atoms with Crippen molar-refractivity contribution >= 4 is 29.0 Å². The Morgan fingerprint density at radius 2 is 2.00 bits per heavy atom. The molecule has 20 heavy (non-hydrogen) atoms. The predicted molar refractivity (Wildman–Crippen MR) is 82.6 cm³/mol. The Labute approximate surface area is 129 Å². The van der Waals surface area contributed by atoms with E-state index in [1.165, 1.54) is 0 Å². The van der Waals surface area contributed by atoms with Gasteiger partial charge in [-0.2, -0.15) is 0 Å². The molecule has 0 saturated heterocycles. The lowest BCUT2D eigenvalue weighted by Crippen LogP contribution is -2.21. The fraction of sp³-hybridized carbons (Fsp3) is 0.438. The molecule has 2 unspecified atom stereocenters. The van der Waals surface area contributed by atoms with Crippen LogP contribution in [0, 0.1) is 11.8 Å². The van der Waals surface area contributed by atoms with Crippen LogP contribution >= 0.6 is 23.2 Å². The van der Waals surface area contributed by atoms with Gasteiger partial charge in [0.25, 0.3) is 0 Å². The van der Waals surface area contributed by atoms with Gasteiger partial charge < -0.3 is 4.74 Å². The number of ether oxygens (including phenoxy) is 1. The third-order valence-corrected chi connectivity index (χ3v) is 4.46. The quantitative estimate of drug-likeness (QED) is 0.577. The van der Waals surface area contributed by atoms with Crippen molar-refractivity contribution < 1.29 is 9.53 Å². The van der Waals surface area contributed by atoms with Gasteiger partial charge in [0.1, 0.15) is 6.61 Å². The molecule has 0 heterocycles. The average Bonchev–Trinajstić information content (AvgIpc) is 2.44. The Bertz CT molecular complexity index is 511. The molecule has 0 fully saturated rings. The minimum Gasteiger partial charge on any atom is -0.373 e. The summed E-state index contributed by atoms with van der Waals surface area (Å²) in [6, 6.07) is 4.89. The highest BCUT2D eigenvalue weighted by Crippen LogP contribution is 2.25. The van der Waals surface area contributed by atoms with E-state index in [1.807, 2.05) is 0 Å². The van der Waals surface area contributed by atoms with Crippen molar-refractivity contribution in [1.29, 1.82) is 0 Å². The summed E-state index contributed by atoms with van der Waals surface area (Å²) in [7, 11) is 0. The van der Waals surface area contributed by atoms with Crippen molar-refractivity contribution in [3.8, 4) is 0 Å². The third-order valence-electron chi connectivity index (χ3n) is 3.72. The summed E-state index contributed by atoms with van der Waals surface area (Å²) in [5.74, 6) is 1.05. The van der Waals surface area contributed by atoms with Gasteiger partial charge in [-0.1, -0.05) is 42.3 Å². The third kappa shape index (κ3) is 4.08. The molecule has 0 spiro atoms. The van der Waals surface area contributed by atoms with Gasteiger partial charge in [0.05, 0.1) is 16.7 Å². The van der Waals surface area contributed by atoms with Gasteiger partial charge >= 0.3 is 0 Å². The Morgan fingerprint density at radius 1 is 1.25 bits per heavy atom. The van der Waals surface area contributed by atoms with Crippen LogP contribution in [0.4, 0.5) is 0 Å². The maximum atomic E-state index is 12.0. The molecule has 2 nitrogen and oxygen atoms in total. The second-order valence-corrected chi connectivity index (χ2v) is 6.06. The van der Waals surface area contributed by atoms with Crippen LogP contribution in [0.2, 0.25) is 10.0 Å². The molecule has 0 aliphatic heterocycles. The second-order valence-electron chi connectivity index (χ2n) is 5.25. The summed E-state index contributed by atoms with van der Waals surface area (Å²) < 4.78 is 5.57. The maximum Gasteiger partial charge on any atom is 0.188 e. The molecule has 1 aromatic carbocycles. The van der Waals surface area contributed by atoms with Crippen molar-refractivity contribution in [2.24, 2.45) is 11.8 Å². The molecule has 0 amide bonds. The van der Waals surface area contributed by atoms with Gasteiger partial charge in [-0.3, -0.25) is 4.79 Å². The zero-order chi connectivity index (χ0) is 14.5. The number of hydrogen-bond donors (Lipinski definition) is 0. The highest BCUT2D eigenvalue weighted by molar-refractivity contribution is 6.42. The van der Waals surface area contributed by atoms with E-state index in [4.69, 9.17) is 27.9 Å². The van der Waals surface area contributed by atoms with Gasteiger partial charge in [0.15, 0.2) is 5.78 Å². The van der Waals surface area contributed by atoms with Gasteiger partial charge in [-0.05, 0) is 42.9 Å². The Hall–Kier alpha value is -0.830. The first-order valence-electron chi connectivity index (χ1n) is 6.79. The Kier molecular flexibility index (Phi) is 5.64. The smallest absolute Gasteiger partial charge is 0.188 e. The van der Waals surface area contributed by atoms with E-state index in [1.54, 1.807) is 18.2 Å². The number of allylic oxidation sites excluding steroid dienone is 2. The molecule has 0 saturated carbocycles. The summed E-state index contributed by atoms with van der Waals surface area (Å²) in [5.41, 5.74) is 0.538. The van der Waals surface area contributed by atoms with Gasteiger partial charge in [0.2, 0.25) is 0 Å². The van der Waals surface area contributed by atoms with Crippen molar-refractivity contribution in [2.75, 3.05) is 13.2 Å². The highest BCUT2D eigenvalue weighted by atomic mass is 35.5. The number of rotatable bonds is 5. The van der Waals surface area contributed by atoms with Gasteiger partial charge in [-0.15, -0.1) is 0 Å². The fourth-order valence-electron chi connectivity index (χ4n) is 2.29.